The van der Waals surface area contributed by atoms with Crippen molar-refractivity contribution in [2.45, 2.75) is 26.1 Å². The second-order valence-electron chi connectivity index (χ2n) is 5.80. The number of amides is 1. The van der Waals surface area contributed by atoms with Crippen LogP contribution in [0, 0.1) is 0 Å². The molecule has 1 amide bonds. The van der Waals surface area contributed by atoms with E-state index in [4.69, 9.17) is 9.47 Å². The summed E-state index contributed by atoms with van der Waals surface area (Å²) in [4.78, 5) is 23.6. The van der Waals surface area contributed by atoms with Crippen LogP contribution in [0.3, 0.4) is 0 Å². The highest BCUT2D eigenvalue weighted by atomic mass is 19.3. The van der Waals surface area contributed by atoms with Gasteiger partial charge in [-0.15, -0.1) is 0 Å². The van der Waals surface area contributed by atoms with Gasteiger partial charge in [0.2, 0.25) is 0 Å². The minimum atomic E-state index is -2.87. The predicted molar refractivity (Wildman–Crippen MR) is 97.3 cm³/mol. The molecule has 1 N–H and O–H groups in total. The van der Waals surface area contributed by atoms with Crippen LogP contribution in [0.4, 0.5) is 8.78 Å². The highest BCUT2D eigenvalue weighted by Crippen LogP contribution is 2.15. The van der Waals surface area contributed by atoms with Crippen molar-refractivity contribution in [1.29, 1.82) is 0 Å². The number of ether oxygens (including phenoxy) is 3. The molecule has 0 bridgehead atoms. The average molecular weight is 393 g/mol. The maximum absolute atomic E-state index is 12.1. The fraction of sp³-hybridized carbons (Fsp3) is 0.300. The molecule has 28 heavy (non-hydrogen) atoms. The van der Waals surface area contributed by atoms with Crippen LogP contribution in [-0.4, -0.2) is 37.7 Å². The number of carbonyl (C=O) groups excluding carboxylic acids is 2. The van der Waals surface area contributed by atoms with E-state index < -0.39 is 31.2 Å². The van der Waals surface area contributed by atoms with E-state index in [0.717, 1.165) is 5.56 Å². The molecule has 0 fully saturated rings. The van der Waals surface area contributed by atoms with Crippen LogP contribution in [0.2, 0.25) is 0 Å². The molecule has 0 spiro atoms. The van der Waals surface area contributed by atoms with Crippen LogP contribution in [-0.2, 0) is 20.7 Å². The molecule has 0 aliphatic rings. The summed E-state index contributed by atoms with van der Waals surface area (Å²) in [5, 5.41) is 2.61. The first kappa shape index (κ1) is 21.1. The van der Waals surface area contributed by atoms with Gasteiger partial charge in [0.05, 0.1) is 0 Å². The molecule has 150 valence electrons. The van der Waals surface area contributed by atoms with Crippen molar-refractivity contribution in [2.24, 2.45) is 0 Å². The Balaban J connectivity index is 1.64. The van der Waals surface area contributed by atoms with Crippen LogP contribution in [0.1, 0.15) is 12.5 Å². The van der Waals surface area contributed by atoms with E-state index in [-0.39, 0.29) is 5.75 Å². The van der Waals surface area contributed by atoms with Gasteiger partial charge in [-0.25, -0.2) is 4.79 Å². The van der Waals surface area contributed by atoms with Crippen LogP contribution in [0.5, 0.6) is 11.5 Å². The smallest absolute Gasteiger partial charge is 0.387 e. The van der Waals surface area contributed by atoms with Crippen molar-refractivity contribution >= 4 is 11.9 Å². The summed E-state index contributed by atoms with van der Waals surface area (Å²) in [5.74, 6) is -0.491. The summed E-state index contributed by atoms with van der Waals surface area (Å²) in [6.45, 7) is -1.44. The third kappa shape index (κ3) is 7.61. The molecule has 0 aliphatic carbocycles. The van der Waals surface area contributed by atoms with Gasteiger partial charge in [0.1, 0.15) is 11.5 Å². The third-order valence-corrected chi connectivity index (χ3v) is 3.62. The SMILES string of the molecule is CC(Oc1ccccc1)C(=O)OCC(=O)NCCc1ccc(OC(F)F)cc1. The minimum absolute atomic E-state index is 0.0709. The van der Waals surface area contributed by atoms with Crippen molar-refractivity contribution in [3.8, 4) is 11.5 Å². The van der Waals surface area contributed by atoms with Gasteiger partial charge in [-0.05, 0) is 43.2 Å². The molecule has 2 rings (SSSR count). The van der Waals surface area contributed by atoms with E-state index in [2.05, 4.69) is 10.1 Å². The Labute approximate surface area is 161 Å². The molecular formula is C20H21F2NO5. The van der Waals surface area contributed by atoms with Gasteiger partial charge >= 0.3 is 12.6 Å². The maximum atomic E-state index is 12.1. The zero-order valence-corrected chi connectivity index (χ0v) is 15.3. The molecule has 2 aromatic carbocycles. The Bertz CT molecular complexity index is 753. The molecule has 8 heteroatoms. The van der Waals surface area contributed by atoms with E-state index in [0.29, 0.717) is 18.7 Å². The number of para-hydroxylation sites is 1. The fourth-order valence-electron chi connectivity index (χ4n) is 2.24. The lowest BCUT2D eigenvalue weighted by atomic mass is 10.1. The highest BCUT2D eigenvalue weighted by molar-refractivity contribution is 5.81. The number of hydrogen-bond donors (Lipinski definition) is 1. The Kier molecular flexibility index (Phi) is 8.20. The molecule has 0 aliphatic heterocycles. The zero-order chi connectivity index (χ0) is 20.4. The monoisotopic (exact) mass is 393 g/mol. The first-order chi connectivity index (χ1) is 13.4. The molecule has 1 atom stereocenters. The first-order valence-electron chi connectivity index (χ1n) is 8.63. The summed E-state index contributed by atoms with van der Waals surface area (Å²) in [6, 6.07) is 14.9. The van der Waals surface area contributed by atoms with E-state index >= 15 is 0 Å². The lowest BCUT2D eigenvalue weighted by molar-refractivity contribution is -0.154. The van der Waals surface area contributed by atoms with Crippen molar-refractivity contribution in [3.05, 3.63) is 60.2 Å². The lowest BCUT2D eigenvalue weighted by Gasteiger charge is -2.13. The van der Waals surface area contributed by atoms with Crippen LogP contribution in [0.25, 0.3) is 0 Å². The molecule has 0 saturated carbocycles. The van der Waals surface area contributed by atoms with Crippen LogP contribution in [0.15, 0.2) is 54.6 Å². The Morgan fingerprint density at radius 3 is 2.25 bits per heavy atom. The highest BCUT2D eigenvalue weighted by Gasteiger charge is 2.17. The zero-order valence-electron chi connectivity index (χ0n) is 15.3. The van der Waals surface area contributed by atoms with E-state index in [1.807, 2.05) is 6.07 Å². The number of halogens is 2. The van der Waals surface area contributed by atoms with Gasteiger partial charge < -0.3 is 19.5 Å². The molecule has 6 nitrogen and oxygen atoms in total. The number of alkyl halides is 2. The van der Waals surface area contributed by atoms with E-state index in [9.17, 15) is 18.4 Å². The van der Waals surface area contributed by atoms with Crippen molar-refractivity contribution < 1.29 is 32.6 Å². The van der Waals surface area contributed by atoms with E-state index in [1.54, 1.807) is 36.4 Å². The third-order valence-electron chi connectivity index (χ3n) is 3.62. The van der Waals surface area contributed by atoms with Gasteiger partial charge in [0, 0.05) is 6.54 Å². The quantitative estimate of drug-likeness (QED) is 0.629. The average Bonchev–Trinajstić information content (AvgIpc) is 2.68. The van der Waals surface area contributed by atoms with E-state index in [1.165, 1.54) is 19.1 Å². The predicted octanol–water partition coefficient (Wildman–Crippen LogP) is 2.96. The number of nitrogens with one attached hydrogen (secondary N) is 1. The van der Waals surface area contributed by atoms with Crippen LogP contribution < -0.4 is 14.8 Å². The molecule has 1 unspecified atom stereocenters. The number of carbonyl (C=O) groups is 2. The van der Waals surface area contributed by atoms with Crippen molar-refractivity contribution in [1.82, 2.24) is 5.32 Å². The number of benzene rings is 2. The normalized spacial score (nSPS) is 11.6. The second kappa shape index (κ2) is 10.9. The van der Waals surface area contributed by atoms with Gasteiger partial charge in [0.25, 0.3) is 5.91 Å². The fourth-order valence-corrected chi connectivity index (χ4v) is 2.24. The van der Waals surface area contributed by atoms with Crippen LogP contribution >= 0.6 is 0 Å². The summed E-state index contributed by atoms with van der Waals surface area (Å²) in [6.07, 6.45) is -0.355. The Morgan fingerprint density at radius 1 is 0.964 bits per heavy atom. The summed E-state index contributed by atoms with van der Waals surface area (Å²) in [7, 11) is 0. The van der Waals surface area contributed by atoms with Crippen molar-refractivity contribution in [2.75, 3.05) is 13.2 Å². The Morgan fingerprint density at radius 2 is 1.61 bits per heavy atom. The molecule has 0 saturated heterocycles. The molecular weight excluding hydrogens is 372 g/mol. The topological polar surface area (TPSA) is 73.9 Å². The standard InChI is InChI=1S/C20H21F2NO5/c1-14(27-16-5-3-2-4-6-16)19(25)26-13-18(24)23-12-11-15-7-9-17(10-8-15)28-20(21)22/h2-10,14,20H,11-13H2,1H3,(H,23,24). The largest absolute Gasteiger partial charge is 0.479 e. The molecule has 0 radical (unpaired) electrons. The number of esters is 1. The van der Waals surface area contributed by atoms with Crippen molar-refractivity contribution in [3.63, 3.8) is 0 Å². The molecule has 0 heterocycles. The maximum Gasteiger partial charge on any atom is 0.387 e. The number of rotatable bonds is 10. The molecule has 0 aromatic heterocycles. The molecule has 2 aromatic rings. The summed E-state index contributed by atoms with van der Waals surface area (Å²) in [5.41, 5.74) is 0.837. The Hall–Kier alpha value is -3.16. The lowest BCUT2D eigenvalue weighted by Crippen LogP contribution is -2.33. The number of hydrogen-bond acceptors (Lipinski definition) is 5. The first-order valence-corrected chi connectivity index (χ1v) is 8.63. The second-order valence-corrected chi connectivity index (χ2v) is 5.80. The summed E-state index contributed by atoms with van der Waals surface area (Å²) >= 11 is 0. The van der Waals surface area contributed by atoms with Gasteiger partial charge in [-0.2, -0.15) is 8.78 Å². The minimum Gasteiger partial charge on any atom is -0.479 e. The van der Waals surface area contributed by atoms with Gasteiger partial charge in [0.15, 0.2) is 12.7 Å². The summed E-state index contributed by atoms with van der Waals surface area (Å²) < 4.78 is 38.8. The van der Waals surface area contributed by atoms with Gasteiger partial charge in [-0.1, -0.05) is 30.3 Å². The van der Waals surface area contributed by atoms with Gasteiger partial charge in [-0.3, -0.25) is 4.79 Å².